The smallest absolute Gasteiger partial charge is 0.251 e. The first-order valence-electron chi connectivity index (χ1n) is 10.3. The highest BCUT2D eigenvalue weighted by Gasteiger charge is 2.42. The lowest BCUT2D eigenvalue weighted by Crippen LogP contribution is -2.43. The van der Waals surface area contributed by atoms with Crippen molar-refractivity contribution in [2.24, 2.45) is 0 Å². The summed E-state index contributed by atoms with van der Waals surface area (Å²) in [6.45, 7) is 8.29. The molecule has 0 unspecified atom stereocenters. The number of carbonyl (C=O) groups is 2. The molecule has 1 aliphatic rings. The minimum Gasteiger partial charge on any atom is -0.292 e. The van der Waals surface area contributed by atoms with E-state index in [0.717, 1.165) is 45.2 Å². The van der Waals surface area contributed by atoms with E-state index < -0.39 is 0 Å². The Morgan fingerprint density at radius 2 is 1.50 bits per heavy atom. The van der Waals surface area contributed by atoms with Gasteiger partial charge in [-0.1, -0.05) is 58.6 Å². The molecule has 2 amide bonds. The molecule has 0 aromatic heterocycles. The van der Waals surface area contributed by atoms with E-state index in [4.69, 9.17) is 0 Å². The van der Waals surface area contributed by atoms with Gasteiger partial charge >= 0.3 is 0 Å². The van der Waals surface area contributed by atoms with Crippen LogP contribution in [0.1, 0.15) is 71.3 Å². The monoisotopic (exact) mass is 358 g/mol. The van der Waals surface area contributed by atoms with Crippen LogP contribution < -0.4 is 4.90 Å². The number of aryl methyl sites for hydroxylation is 1. The van der Waals surface area contributed by atoms with Gasteiger partial charge in [-0.05, 0) is 50.0 Å². The first kappa shape index (κ1) is 20.6. The van der Waals surface area contributed by atoms with Crippen LogP contribution in [0.5, 0.6) is 0 Å². The van der Waals surface area contributed by atoms with Gasteiger partial charge in [0.25, 0.3) is 5.91 Å². The summed E-state index contributed by atoms with van der Waals surface area (Å²) in [4.78, 5) is 29.3. The molecule has 0 saturated carbocycles. The summed E-state index contributed by atoms with van der Waals surface area (Å²) >= 11 is 0. The minimum atomic E-state index is -0.290. The molecule has 0 aliphatic carbocycles. The third kappa shape index (κ3) is 5.16. The van der Waals surface area contributed by atoms with Crippen molar-refractivity contribution in [1.82, 2.24) is 4.90 Å². The maximum Gasteiger partial charge on any atom is 0.251 e. The normalized spacial score (nSPS) is 17.5. The van der Waals surface area contributed by atoms with E-state index in [-0.39, 0.29) is 17.9 Å². The Morgan fingerprint density at radius 3 is 2.00 bits per heavy atom. The molecule has 1 saturated heterocycles. The van der Waals surface area contributed by atoms with Gasteiger partial charge in [-0.2, -0.15) is 0 Å². The molecule has 1 aliphatic heterocycles. The number of hydrogen-bond acceptors (Lipinski definition) is 3. The summed E-state index contributed by atoms with van der Waals surface area (Å²) in [5.41, 5.74) is 1.92. The standard InChI is InChI=1S/C22H34N2O2/c1-4-7-9-15-23(16-10-8-5-2)20-17-21(25)24(22(20)26)19-13-11-18(6-3)12-14-19/h11-14,20H,4-10,15-17H2,1-3H3/t20-/m1/s1. The van der Waals surface area contributed by atoms with Gasteiger partial charge < -0.3 is 0 Å². The predicted octanol–water partition coefficient (Wildman–Crippen LogP) is 4.56. The maximum atomic E-state index is 13.0. The first-order chi connectivity index (χ1) is 12.6. The summed E-state index contributed by atoms with van der Waals surface area (Å²) in [6.07, 6.45) is 8.10. The lowest BCUT2D eigenvalue weighted by molar-refractivity contribution is -0.123. The summed E-state index contributed by atoms with van der Waals surface area (Å²) < 4.78 is 0. The number of imide groups is 1. The Bertz CT molecular complexity index is 572. The predicted molar refractivity (Wildman–Crippen MR) is 107 cm³/mol. The summed E-state index contributed by atoms with van der Waals surface area (Å²) in [6, 6.07) is 7.51. The van der Waals surface area contributed by atoms with Gasteiger partial charge in [-0.15, -0.1) is 0 Å². The van der Waals surface area contributed by atoms with E-state index in [9.17, 15) is 9.59 Å². The second-order valence-corrected chi connectivity index (χ2v) is 7.26. The molecule has 4 nitrogen and oxygen atoms in total. The largest absolute Gasteiger partial charge is 0.292 e. The maximum absolute atomic E-state index is 13.0. The molecular formula is C22H34N2O2. The molecule has 1 aromatic carbocycles. The highest BCUT2D eigenvalue weighted by Crippen LogP contribution is 2.26. The Hall–Kier alpha value is -1.68. The van der Waals surface area contributed by atoms with Crippen molar-refractivity contribution in [2.75, 3.05) is 18.0 Å². The van der Waals surface area contributed by atoms with Crippen molar-refractivity contribution in [1.29, 1.82) is 0 Å². The number of benzene rings is 1. The number of rotatable bonds is 11. The quantitative estimate of drug-likeness (QED) is 0.430. The molecule has 2 rings (SSSR count). The number of amides is 2. The van der Waals surface area contributed by atoms with Crippen LogP contribution >= 0.6 is 0 Å². The Balaban J connectivity index is 2.10. The van der Waals surface area contributed by atoms with E-state index in [1.807, 2.05) is 24.3 Å². The van der Waals surface area contributed by atoms with Gasteiger partial charge in [0.1, 0.15) is 0 Å². The highest BCUT2D eigenvalue weighted by molar-refractivity contribution is 6.22. The van der Waals surface area contributed by atoms with E-state index in [1.54, 1.807) is 0 Å². The Kier molecular flexibility index (Phi) is 8.30. The number of anilines is 1. The molecule has 144 valence electrons. The van der Waals surface area contributed by atoms with E-state index in [2.05, 4.69) is 25.7 Å². The molecule has 4 heteroatoms. The van der Waals surface area contributed by atoms with E-state index >= 15 is 0 Å². The SMILES string of the molecule is CCCCCN(CCCCC)[C@@H]1CC(=O)N(c2ccc(CC)cc2)C1=O. The van der Waals surface area contributed by atoms with Crippen LogP contribution in [0.3, 0.4) is 0 Å². The fourth-order valence-electron chi connectivity index (χ4n) is 3.61. The molecule has 0 radical (unpaired) electrons. The summed E-state index contributed by atoms with van der Waals surface area (Å²) in [7, 11) is 0. The van der Waals surface area contributed by atoms with Crippen molar-refractivity contribution >= 4 is 17.5 Å². The van der Waals surface area contributed by atoms with E-state index in [1.165, 1.54) is 23.3 Å². The van der Waals surface area contributed by atoms with Crippen LogP contribution in [-0.2, 0) is 16.0 Å². The van der Waals surface area contributed by atoms with Gasteiger partial charge in [0, 0.05) is 0 Å². The zero-order chi connectivity index (χ0) is 18.9. The molecule has 1 heterocycles. The van der Waals surface area contributed by atoms with Gasteiger partial charge in [-0.25, -0.2) is 4.90 Å². The molecule has 1 fully saturated rings. The summed E-state index contributed by atoms with van der Waals surface area (Å²) in [5.74, 6) is -0.118. The highest BCUT2D eigenvalue weighted by atomic mass is 16.2. The second kappa shape index (κ2) is 10.5. The fourth-order valence-corrected chi connectivity index (χ4v) is 3.61. The van der Waals surface area contributed by atoms with Crippen molar-refractivity contribution < 1.29 is 9.59 Å². The number of unbranched alkanes of at least 4 members (excludes halogenated alkanes) is 4. The van der Waals surface area contributed by atoms with E-state index in [0.29, 0.717) is 12.1 Å². The van der Waals surface area contributed by atoms with Crippen molar-refractivity contribution in [2.45, 2.75) is 78.2 Å². The van der Waals surface area contributed by atoms with Crippen molar-refractivity contribution in [3.63, 3.8) is 0 Å². The van der Waals surface area contributed by atoms with Crippen LogP contribution in [0.15, 0.2) is 24.3 Å². The lowest BCUT2D eigenvalue weighted by Gasteiger charge is -2.27. The Labute approximate surface area is 158 Å². The van der Waals surface area contributed by atoms with Crippen LogP contribution in [-0.4, -0.2) is 35.8 Å². The summed E-state index contributed by atoms with van der Waals surface area (Å²) in [5, 5.41) is 0. The number of carbonyl (C=O) groups excluding carboxylic acids is 2. The number of nitrogens with zero attached hydrogens (tertiary/aromatic N) is 2. The lowest BCUT2D eigenvalue weighted by atomic mass is 10.1. The molecule has 1 atom stereocenters. The molecule has 26 heavy (non-hydrogen) atoms. The first-order valence-corrected chi connectivity index (χ1v) is 10.3. The minimum absolute atomic E-state index is 0.0488. The van der Waals surface area contributed by atoms with Crippen molar-refractivity contribution in [3.8, 4) is 0 Å². The third-order valence-electron chi connectivity index (χ3n) is 5.26. The zero-order valence-corrected chi connectivity index (χ0v) is 16.7. The topological polar surface area (TPSA) is 40.6 Å². The molecule has 0 spiro atoms. The zero-order valence-electron chi connectivity index (χ0n) is 16.7. The van der Waals surface area contributed by atoms with Crippen LogP contribution in [0.2, 0.25) is 0 Å². The van der Waals surface area contributed by atoms with Crippen LogP contribution in [0.4, 0.5) is 5.69 Å². The van der Waals surface area contributed by atoms with Gasteiger partial charge in [0.2, 0.25) is 5.91 Å². The molecular weight excluding hydrogens is 324 g/mol. The number of hydrogen-bond donors (Lipinski definition) is 0. The van der Waals surface area contributed by atoms with Gasteiger partial charge in [0.05, 0.1) is 18.2 Å². The van der Waals surface area contributed by atoms with Crippen molar-refractivity contribution in [3.05, 3.63) is 29.8 Å². The third-order valence-corrected chi connectivity index (χ3v) is 5.26. The van der Waals surface area contributed by atoms with Crippen LogP contribution in [0.25, 0.3) is 0 Å². The van der Waals surface area contributed by atoms with Crippen LogP contribution in [0, 0.1) is 0 Å². The Morgan fingerprint density at radius 1 is 0.923 bits per heavy atom. The average molecular weight is 359 g/mol. The van der Waals surface area contributed by atoms with Gasteiger partial charge in [-0.3, -0.25) is 14.5 Å². The van der Waals surface area contributed by atoms with Gasteiger partial charge in [0.15, 0.2) is 0 Å². The second-order valence-electron chi connectivity index (χ2n) is 7.26. The molecule has 0 N–H and O–H groups in total. The molecule has 0 bridgehead atoms. The molecule has 1 aromatic rings. The fraction of sp³-hybridized carbons (Fsp3) is 0.636. The average Bonchev–Trinajstić information content (AvgIpc) is 2.95.